The Morgan fingerprint density at radius 2 is 1.59 bits per heavy atom. The van der Waals surface area contributed by atoms with Crippen LogP contribution in [0.15, 0.2) is 40.4 Å². The summed E-state index contributed by atoms with van der Waals surface area (Å²) < 4.78 is 6.08. The van der Waals surface area contributed by atoms with Gasteiger partial charge in [-0.15, -0.1) is 0 Å². The summed E-state index contributed by atoms with van der Waals surface area (Å²) in [6.07, 6.45) is 1.77. The molecule has 8 heteroatoms. The van der Waals surface area contributed by atoms with Crippen molar-refractivity contribution >= 4 is 33.7 Å². The van der Waals surface area contributed by atoms with E-state index in [0.29, 0.717) is 5.57 Å². The highest BCUT2D eigenvalue weighted by atomic mass is 79.9. The van der Waals surface area contributed by atoms with E-state index in [2.05, 4.69) is 26.6 Å². The van der Waals surface area contributed by atoms with Gasteiger partial charge >= 0.3 is 5.97 Å². The van der Waals surface area contributed by atoms with Crippen molar-refractivity contribution in [1.82, 2.24) is 15.5 Å². The first-order chi connectivity index (χ1) is 17.0. The molecule has 1 rings (SSSR count). The SMILES string of the molecule is CCOC(=O)/C(C)=C/[C@H](C(C)C)N(C)C(=O)[C@@H](NC(=O)[C@@H](NC)C(C)(C)c1ccc(Br)cc1)C(C)(C)C. The predicted octanol–water partition coefficient (Wildman–Crippen LogP) is 4.84. The lowest BCUT2D eigenvalue weighted by atomic mass is 9.76. The number of rotatable bonds is 11. The van der Waals surface area contributed by atoms with E-state index in [1.807, 2.05) is 72.7 Å². The van der Waals surface area contributed by atoms with Crippen molar-refractivity contribution in [2.24, 2.45) is 11.3 Å². The summed E-state index contributed by atoms with van der Waals surface area (Å²) in [5, 5.41) is 6.21. The van der Waals surface area contributed by atoms with Crippen molar-refractivity contribution in [2.75, 3.05) is 20.7 Å². The average molecular weight is 581 g/mol. The van der Waals surface area contributed by atoms with Crippen LogP contribution in [0.3, 0.4) is 0 Å². The quantitative estimate of drug-likeness (QED) is 0.289. The summed E-state index contributed by atoms with van der Waals surface area (Å²) in [5.41, 5.74) is 0.350. The van der Waals surface area contributed by atoms with Gasteiger partial charge in [-0.1, -0.05) is 82.6 Å². The first-order valence-electron chi connectivity index (χ1n) is 12.8. The molecule has 0 bridgehead atoms. The molecular formula is C29H46BrN3O4. The molecule has 0 aliphatic carbocycles. The molecule has 2 amide bonds. The van der Waals surface area contributed by atoms with Gasteiger partial charge in [-0.2, -0.15) is 0 Å². The molecule has 0 aromatic heterocycles. The molecular weight excluding hydrogens is 534 g/mol. The Hall–Kier alpha value is -2.19. The fourth-order valence-corrected chi connectivity index (χ4v) is 4.68. The Morgan fingerprint density at radius 1 is 1.05 bits per heavy atom. The number of likely N-dealkylation sites (N-methyl/N-ethyl adjacent to an activating group) is 2. The molecule has 7 nitrogen and oxygen atoms in total. The van der Waals surface area contributed by atoms with E-state index >= 15 is 0 Å². The number of halogens is 1. The van der Waals surface area contributed by atoms with Crippen molar-refractivity contribution in [3.63, 3.8) is 0 Å². The molecule has 0 radical (unpaired) electrons. The van der Waals surface area contributed by atoms with Crippen molar-refractivity contribution in [2.45, 2.75) is 85.9 Å². The maximum absolute atomic E-state index is 13.9. The topological polar surface area (TPSA) is 87.7 Å². The summed E-state index contributed by atoms with van der Waals surface area (Å²) in [5.74, 6) is -0.835. The van der Waals surface area contributed by atoms with Crippen molar-refractivity contribution in [3.05, 3.63) is 46.0 Å². The fraction of sp³-hybridized carbons (Fsp3) is 0.621. The largest absolute Gasteiger partial charge is 0.463 e. The second-order valence-electron chi connectivity index (χ2n) is 11.5. The second-order valence-corrected chi connectivity index (χ2v) is 12.4. The maximum atomic E-state index is 13.9. The number of esters is 1. The van der Waals surface area contributed by atoms with E-state index in [4.69, 9.17) is 4.74 Å². The van der Waals surface area contributed by atoms with Gasteiger partial charge in [-0.05, 0) is 49.9 Å². The van der Waals surface area contributed by atoms with Crippen LogP contribution in [0.5, 0.6) is 0 Å². The molecule has 0 saturated carbocycles. The smallest absolute Gasteiger partial charge is 0.333 e. The van der Waals surface area contributed by atoms with Crippen LogP contribution in [-0.2, 0) is 24.5 Å². The van der Waals surface area contributed by atoms with Crippen LogP contribution in [0.2, 0.25) is 0 Å². The molecule has 0 aliphatic rings. The average Bonchev–Trinajstić information content (AvgIpc) is 2.79. The highest BCUT2D eigenvalue weighted by Crippen LogP contribution is 2.30. The van der Waals surface area contributed by atoms with E-state index in [0.717, 1.165) is 10.0 Å². The molecule has 0 spiro atoms. The van der Waals surface area contributed by atoms with Gasteiger partial charge in [-0.25, -0.2) is 4.79 Å². The van der Waals surface area contributed by atoms with Gasteiger partial charge in [0.1, 0.15) is 6.04 Å². The van der Waals surface area contributed by atoms with E-state index in [-0.39, 0.29) is 30.4 Å². The monoisotopic (exact) mass is 579 g/mol. The van der Waals surface area contributed by atoms with Crippen LogP contribution in [0.25, 0.3) is 0 Å². The van der Waals surface area contributed by atoms with Crippen LogP contribution in [0.1, 0.15) is 67.9 Å². The number of hydrogen-bond donors (Lipinski definition) is 2. The van der Waals surface area contributed by atoms with E-state index < -0.39 is 28.9 Å². The van der Waals surface area contributed by atoms with Crippen molar-refractivity contribution in [1.29, 1.82) is 0 Å². The number of carbonyl (C=O) groups excluding carboxylic acids is 3. The molecule has 3 atom stereocenters. The molecule has 0 unspecified atom stereocenters. The number of nitrogens with one attached hydrogen (secondary N) is 2. The lowest BCUT2D eigenvalue weighted by Crippen LogP contribution is -2.61. The molecule has 37 heavy (non-hydrogen) atoms. The van der Waals surface area contributed by atoms with Crippen LogP contribution in [-0.4, -0.2) is 61.5 Å². The summed E-state index contributed by atoms with van der Waals surface area (Å²) in [6, 6.07) is 6.19. The summed E-state index contributed by atoms with van der Waals surface area (Å²) in [7, 11) is 3.47. The summed E-state index contributed by atoms with van der Waals surface area (Å²) in [6.45, 7) is 17.5. The zero-order valence-electron chi connectivity index (χ0n) is 24.4. The first kappa shape index (κ1) is 32.8. The standard InChI is InChI=1S/C29H46BrN3O4/c1-12-37-27(36)19(4)17-22(18(2)3)33(11)26(35)24(28(5,6)7)32-25(34)23(31-10)29(8,9)20-13-15-21(30)16-14-20/h13-18,22-24,31H,12H2,1-11H3,(H,32,34)/b19-17+/t22-,23-,24-/m1/s1. The van der Waals surface area contributed by atoms with Crippen LogP contribution in [0, 0.1) is 11.3 Å². The van der Waals surface area contributed by atoms with Crippen LogP contribution in [0.4, 0.5) is 0 Å². The zero-order valence-corrected chi connectivity index (χ0v) is 25.9. The molecule has 208 valence electrons. The van der Waals surface area contributed by atoms with Gasteiger partial charge in [0.2, 0.25) is 11.8 Å². The summed E-state index contributed by atoms with van der Waals surface area (Å²) >= 11 is 3.46. The van der Waals surface area contributed by atoms with E-state index in [1.165, 1.54) is 0 Å². The molecule has 0 saturated heterocycles. The molecule has 1 aromatic carbocycles. The Balaban J connectivity index is 3.30. The first-order valence-corrected chi connectivity index (χ1v) is 13.6. The summed E-state index contributed by atoms with van der Waals surface area (Å²) in [4.78, 5) is 41.3. The number of amides is 2. The highest BCUT2D eigenvalue weighted by Gasteiger charge is 2.41. The van der Waals surface area contributed by atoms with Crippen molar-refractivity contribution in [3.8, 4) is 0 Å². The third kappa shape index (κ3) is 8.67. The normalized spacial score (nSPS) is 15.1. The maximum Gasteiger partial charge on any atom is 0.333 e. The van der Waals surface area contributed by atoms with E-state index in [1.54, 1.807) is 38.9 Å². The molecule has 0 heterocycles. The Bertz CT molecular complexity index is 964. The molecule has 0 fully saturated rings. The Labute approximate surface area is 231 Å². The van der Waals surface area contributed by atoms with Gasteiger partial charge in [-0.3, -0.25) is 9.59 Å². The number of carbonyl (C=O) groups is 3. The molecule has 2 N–H and O–H groups in total. The third-order valence-corrected chi connectivity index (χ3v) is 7.29. The van der Waals surface area contributed by atoms with Gasteiger partial charge < -0.3 is 20.3 Å². The van der Waals surface area contributed by atoms with Crippen molar-refractivity contribution < 1.29 is 19.1 Å². The zero-order chi connectivity index (χ0) is 28.7. The van der Waals surface area contributed by atoms with Gasteiger partial charge in [0.25, 0.3) is 0 Å². The second kappa shape index (κ2) is 13.6. The number of benzene rings is 1. The lowest BCUT2D eigenvalue weighted by Gasteiger charge is -2.40. The fourth-order valence-electron chi connectivity index (χ4n) is 4.41. The molecule has 1 aromatic rings. The van der Waals surface area contributed by atoms with Crippen LogP contribution < -0.4 is 10.6 Å². The Kier molecular flexibility index (Phi) is 12.0. The number of hydrogen-bond acceptors (Lipinski definition) is 5. The van der Waals surface area contributed by atoms with Crippen LogP contribution >= 0.6 is 15.9 Å². The minimum Gasteiger partial charge on any atom is -0.463 e. The Morgan fingerprint density at radius 3 is 2.03 bits per heavy atom. The number of ether oxygens (including phenoxy) is 1. The van der Waals surface area contributed by atoms with E-state index in [9.17, 15) is 14.4 Å². The van der Waals surface area contributed by atoms with Gasteiger partial charge in [0, 0.05) is 22.5 Å². The predicted molar refractivity (Wildman–Crippen MR) is 153 cm³/mol. The highest BCUT2D eigenvalue weighted by molar-refractivity contribution is 9.10. The van der Waals surface area contributed by atoms with Gasteiger partial charge in [0.05, 0.1) is 18.7 Å². The lowest BCUT2D eigenvalue weighted by molar-refractivity contribution is -0.141. The number of nitrogens with zero attached hydrogens (tertiary/aromatic N) is 1. The molecule has 0 aliphatic heterocycles. The third-order valence-electron chi connectivity index (χ3n) is 6.76. The minimum absolute atomic E-state index is 0.0380. The van der Waals surface area contributed by atoms with Gasteiger partial charge in [0.15, 0.2) is 0 Å². The minimum atomic E-state index is -0.779.